The van der Waals surface area contributed by atoms with Crippen molar-refractivity contribution < 1.29 is 14.3 Å². The molecule has 1 fully saturated rings. The SMILES string of the molecule is CCNC(=NCC(=O)NC1CC1)NCCCNC(=O)OC(C)(C)C.I. The zero-order valence-corrected chi connectivity index (χ0v) is 17.9. The minimum Gasteiger partial charge on any atom is -0.444 e. The van der Waals surface area contributed by atoms with Gasteiger partial charge >= 0.3 is 6.09 Å². The number of carbonyl (C=O) groups is 2. The van der Waals surface area contributed by atoms with Crippen molar-refractivity contribution in [1.29, 1.82) is 0 Å². The van der Waals surface area contributed by atoms with Crippen LogP contribution in [0.2, 0.25) is 0 Å². The molecule has 0 unspecified atom stereocenters. The van der Waals surface area contributed by atoms with Crippen molar-refractivity contribution in [3.63, 3.8) is 0 Å². The molecule has 0 aromatic heterocycles. The molecule has 0 atom stereocenters. The molecule has 25 heavy (non-hydrogen) atoms. The van der Waals surface area contributed by atoms with Crippen LogP contribution in [0, 0.1) is 0 Å². The fourth-order valence-electron chi connectivity index (χ4n) is 1.79. The van der Waals surface area contributed by atoms with Crippen molar-refractivity contribution >= 4 is 41.9 Å². The second kappa shape index (κ2) is 12.2. The summed E-state index contributed by atoms with van der Waals surface area (Å²) >= 11 is 0. The van der Waals surface area contributed by atoms with Crippen LogP contribution in [0.25, 0.3) is 0 Å². The summed E-state index contributed by atoms with van der Waals surface area (Å²) in [6.07, 6.45) is 2.44. The largest absolute Gasteiger partial charge is 0.444 e. The first-order valence-electron chi connectivity index (χ1n) is 8.58. The Labute approximate surface area is 167 Å². The predicted octanol–water partition coefficient (Wildman–Crippen LogP) is 1.35. The van der Waals surface area contributed by atoms with Crippen molar-refractivity contribution in [3.8, 4) is 0 Å². The summed E-state index contributed by atoms with van der Waals surface area (Å²) in [5, 5.41) is 11.8. The molecular formula is C16H32IN5O3. The molecule has 0 heterocycles. The highest BCUT2D eigenvalue weighted by atomic mass is 127. The monoisotopic (exact) mass is 469 g/mol. The molecule has 9 heteroatoms. The quantitative estimate of drug-likeness (QED) is 0.186. The van der Waals surface area contributed by atoms with Crippen molar-refractivity contribution in [3.05, 3.63) is 0 Å². The molecule has 1 aliphatic rings. The number of carbonyl (C=O) groups excluding carboxylic acids is 2. The van der Waals surface area contributed by atoms with Gasteiger partial charge in [-0.05, 0) is 47.0 Å². The number of amides is 2. The zero-order valence-electron chi connectivity index (χ0n) is 15.6. The number of halogens is 1. The molecule has 0 bridgehead atoms. The Morgan fingerprint density at radius 2 is 1.76 bits per heavy atom. The van der Waals surface area contributed by atoms with E-state index in [2.05, 4.69) is 26.3 Å². The van der Waals surface area contributed by atoms with Crippen LogP contribution in [0.1, 0.15) is 47.0 Å². The number of hydrogen-bond donors (Lipinski definition) is 4. The van der Waals surface area contributed by atoms with E-state index in [1.165, 1.54) is 0 Å². The normalized spacial score (nSPS) is 14.2. The fraction of sp³-hybridized carbons (Fsp3) is 0.812. The highest BCUT2D eigenvalue weighted by molar-refractivity contribution is 14.0. The molecule has 1 saturated carbocycles. The fourth-order valence-corrected chi connectivity index (χ4v) is 1.79. The van der Waals surface area contributed by atoms with Gasteiger partial charge in [0, 0.05) is 25.7 Å². The summed E-state index contributed by atoms with van der Waals surface area (Å²) < 4.78 is 5.15. The van der Waals surface area contributed by atoms with Gasteiger partial charge in [0.1, 0.15) is 12.1 Å². The van der Waals surface area contributed by atoms with Gasteiger partial charge in [0.05, 0.1) is 0 Å². The third-order valence-corrected chi connectivity index (χ3v) is 2.98. The topological polar surface area (TPSA) is 104 Å². The molecule has 1 aliphatic carbocycles. The first-order chi connectivity index (χ1) is 11.3. The number of aliphatic imine (C=N–C) groups is 1. The lowest BCUT2D eigenvalue weighted by Gasteiger charge is -2.19. The molecule has 1 rings (SSSR count). The van der Waals surface area contributed by atoms with Crippen LogP contribution in [-0.2, 0) is 9.53 Å². The van der Waals surface area contributed by atoms with E-state index in [-0.39, 0.29) is 36.4 Å². The van der Waals surface area contributed by atoms with Crippen LogP contribution in [0.3, 0.4) is 0 Å². The standard InChI is InChI=1S/C16H31N5O3.HI/c1-5-17-14(20-11-13(22)21-12-7-8-12)18-9-6-10-19-15(23)24-16(2,3)4;/h12H,5-11H2,1-4H3,(H,19,23)(H,21,22)(H2,17,18,20);1H. The number of nitrogens with zero attached hydrogens (tertiary/aromatic N) is 1. The maximum Gasteiger partial charge on any atom is 0.407 e. The molecule has 4 N–H and O–H groups in total. The molecular weight excluding hydrogens is 437 g/mol. The van der Waals surface area contributed by atoms with Crippen LogP contribution in [-0.4, -0.2) is 55.8 Å². The van der Waals surface area contributed by atoms with Crippen LogP contribution in [0.5, 0.6) is 0 Å². The minimum absolute atomic E-state index is 0. The average Bonchev–Trinajstić information content (AvgIpc) is 3.26. The van der Waals surface area contributed by atoms with E-state index in [4.69, 9.17) is 4.74 Å². The minimum atomic E-state index is -0.492. The molecule has 8 nitrogen and oxygen atoms in total. The lowest BCUT2D eigenvalue weighted by Crippen LogP contribution is -2.40. The van der Waals surface area contributed by atoms with Crippen molar-refractivity contribution in [1.82, 2.24) is 21.3 Å². The Balaban J connectivity index is 0.00000576. The van der Waals surface area contributed by atoms with Gasteiger partial charge in [0.25, 0.3) is 0 Å². The Kier molecular flexibility index (Phi) is 11.5. The van der Waals surface area contributed by atoms with E-state index in [1.54, 1.807) is 0 Å². The highest BCUT2D eigenvalue weighted by Crippen LogP contribution is 2.18. The van der Waals surface area contributed by atoms with E-state index >= 15 is 0 Å². The summed E-state index contributed by atoms with van der Waals surface area (Å²) in [5.41, 5.74) is -0.492. The molecule has 0 radical (unpaired) electrons. The van der Waals surface area contributed by atoms with Crippen LogP contribution in [0.15, 0.2) is 4.99 Å². The predicted molar refractivity (Wildman–Crippen MR) is 109 cm³/mol. The first-order valence-corrected chi connectivity index (χ1v) is 8.58. The summed E-state index contributed by atoms with van der Waals surface area (Å²) in [5.74, 6) is 0.544. The van der Waals surface area contributed by atoms with E-state index in [0.717, 1.165) is 19.3 Å². The van der Waals surface area contributed by atoms with E-state index in [9.17, 15) is 9.59 Å². The van der Waals surface area contributed by atoms with Gasteiger partial charge in [0.2, 0.25) is 5.91 Å². The highest BCUT2D eigenvalue weighted by Gasteiger charge is 2.22. The van der Waals surface area contributed by atoms with E-state index in [0.29, 0.717) is 31.6 Å². The third kappa shape index (κ3) is 13.7. The lowest BCUT2D eigenvalue weighted by molar-refractivity contribution is -0.119. The number of hydrogen-bond acceptors (Lipinski definition) is 4. The lowest BCUT2D eigenvalue weighted by atomic mass is 10.2. The van der Waals surface area contributed by atoms with Gasteiger partial charge in [-0.1, -0.05) is 0 Å². The van der Waals surface area contributed by atoms with Gasteiger partial charge in [0.15, 0.2) is 5.96 Å². The Hall–Kier alpha value is -1.26. The second-order valence-electron chi connectivity index (χ2n) is 6.75. The summed E-state index contributed by atoms with van der Waals surface area (Å²) in [7, 11) is 0. The number of alkyl carbamates (subject to hydrolysis) is 1. The number of ether oxygens (including phenoxy) is 1. The van der Waals surface area contributed by atoms with Gasteiger partial charge in [-0.2, -0.15) is 0 Å². The first kappa shape index (κ1) is 23.7. The molecule has 0 spiro atoms. The number of guanidine groups is 1. The molecule has 0 aromatic rings. The van der Waals surface area contributed by atoms with Crippen molar-refractivity contribution in [2.24, 2.45) is 4.99 Å². The van der Waals surface area contributed by atoms with Gasteiger partial charge < -0.3 is 26.0 Å². The van der Waals surface area contributed by atoms with Gasteiger partial charge in [-0.3, -0.25) is 4.79 Å². The van der Waals surface area contributed by atoms with Crippen molar-refractivity contribution in [2.45, 2.75) is 58.6 Å². The van der Waals surface area contributed by atoms with Crippen molar-refractivity contribution in [2.75, 3.05) is 26.2 Å². The molecule has 0 saturated heterocycles. The molecule has 146 valence electrons. The molecule has 0 aliphatic heterocycles. The van der Waals surface area contributed by atoms with Crippen LogP contribution in [0.4, 0.5) is 4.79 Å². The second-order valence-corrected chi connectivity index (χ2v) is 6.75. The number of nitrogens with one attached hydrogen (secondary N) is 4. The maximum atomic E-state index is 11.6. The van der Waals surface area contributed by atoms with Crippen LogP contribution < -0.4 is 21.3 Å². The Morgan fingerprint density at radius 1 is 1.12 bits per heavy atom. The summed E-state index contributed by atoms with van der Waals surface area (Å²) in [6, 6.07) is 0.349. The number of rotatable bonds is 8. The molecule has 2 amide bonds. The molecule has 0 aromatic carbocycles. The average molecular weight is 469 g/mol. The zero-order chi connectivity index (χ0) is 18.0. The van der Waals surface area contributed by atoms with Gasteiger partial charge in [-0.25, -0.2) is 9.79 Å². The van der Waals surface area contributed by atoms with E-state index in [1.807, 2.05) is 27.7 Å². The Morgan fingerprint density at radius 3 is 2.32 bits per heavy atom. The van der Waals surface area contributed by atoms with Crippen LogP contribution >= 0.6 is 24.0 Å². The summed E-state index contributed by atoms with van der Waals surface area (Å²) in [4.78, 5) is 27.4. The van der Waals surface area contributed by atoms with E-state index < -0.39 is 11.7 Å². The van der Waals surface area contributed by atoms with Gasteiger partial charge in [-0.15, -0.1) is 24.0 Å². The Bertz CT molecular complexity index is 448. The summed E-state index contributed by atoms with van der Waals surface area (Å²) in [6.45, 7) is 9.40. The maximum absolute atomic E-state index is 11.6. The smallest absolute Gasteiger partial charge is 0.407 e. The third-order valence-electron chi connectivity index (χ3n) is 2.98.